The molecule has 0 aliphatic rings. The first-order chi connectivity index (χ1) is 7.16. The topological polar surface area (TPSA) is 72.0 Å². The van der Waals surface area contributed by atoms with Crippen molar-refractivity contribution in [2.24, 2.45) is 0 Å². The largest absolute Gasteiger partial charge is 0.506 e. The quantitative estimate of drug-likeness (QED) is 0.811. The Morgan fingerprint density at radius 1 is 1.33 bits per heavy atom. The molecule has 1 N–H and O–H groups in total. The van der Waals surface area contributed by atoms with Gasteiger partial charge in [0.2, 0.25) is 0 Å². The van der Waals surface area contributed by atoms with Gasteiger partial charge in [-0.3, -0.25) is 4.98 Å². The van der Waals surface area contributed by atoms with Crippen molar-refractivity contribution < 1.29 is 9.63 Å². The molecule has 0 aliphatic carbocycles. The van der Waals surface area contributed by atoms with E-state index in [9.17, 15) is 5.11 Å². The minimum atomic E-state index is 0.0804. The van der Waals surface area contributed by atoms with E-state index >= 15 is 0 Å². The molecule has 5 nitrogen and oxygen atoms in total. The fourth-order valence-corrected chi connectivity index (χ4v) is 1.13. The van der Waals surface area contributed by atoms with Crippen molar-refractivity contribution >= 4 is 0 Å². The summed E-state index contributed by atoms with van der Waals surface area (Å²) in [5, 5.41) is 13.1. The molecule has 0 spiro atoms. The van der Waals surface area contributed by atoms with E-state index in [2.05, 4.69) is 15.1 Å². The second-order valence-electron chi connectivity index (χ2n) is 3.54. The lowest BCUT2D eigenvalue weighted by molar-refractivity contribution is 0.418. The van der Waals surface area contributed by atoms with Crippen molar-refractivity contribution in [2.45, 2.75) is 19.8 Å². The fourth-order valence-electron chi connectivity index (χ4n) is 1.13. The van der Waals surface area contributed by atoms with E-state index in [1.165, 1.54) is 12.3 Å². The molecule has 0 atom stereocenters. The van der Waals surface area contributed by atoms with Crippen molar-refractivity contribution in [1.29, 1.82) is 0 Å². The highest BCUT2D eigenvalue weighted by Gasteiger charge is 2.11. The Morgan fingerprint density at radius 2 is 2.13 bits per heavy atom. The number of hydrogen-bond donors (Lipinski definition) is 1. The summed E-state index contributed by atoms with van der Waals surface area (Å²) in [4.78, 5) is 8.03. The van der Waals surface area contributed by atoms with Crippen LogP contribution in [-0.2, 0) is 0 Å². The number of aromatic hydroxyl groups is 1. The SMILES string of the molecule is CC(C)c1noc(-c2cncc(O)c2)n1. The van der Waals surface area contributed by atoms with Gasteiger partial charge < -0.3 is 9.63 Å². The van der Waals surface area contributed by atoms with Crippen molar-refractivity contribution in [3.8, 4) is 17.2 Å². The van der Waals surface area contributed by atoms with Crippen molar-refractivity contribution in [3.05, 3.63) is 24.3 Å². The summed E-state index contributed by atoms with van der Waals surface area (Å²) in [5.74, 6) is 1.32. The number of hydrogen-bond acceptors (Lipinski definition) is 5. The third-order valence-electron chi connectivity index (χ3n) is 1.93. The number of aromatic nitrogens is 3. The smallest absolute Gasteiger partial charge is 0.259 e. The van der Waals surface area contributed by atoms with E-state index in [1.807, 2.05) is 13.8 Å². The highest BCUT2D eigenvalue weighted by Crippen LogP contribution is 2.21. The van der Waals surface area contributed by atoms with Crippen molar-refractivity contribution in [2.75, 3.05) is 0 Å². The van der Waals surface area contributed by atoms with Crippen LogP contribution in [0.25, 0.3) is 11.5 Å². The molecule has 2 heterocycles. The van der Waals surface area contributed by atoms with Gasteiger partial charge in [-0.1, -0.05) is 19.0 Å². The Morgan fingerprint density at radius 3 is 2.73 bits per heavy atom. The van der Waals surface area contributed by atoms with Crippen LogP contribution in [0, 0.1) is 0 Å². The third-order valence-corrected chi connectivity index (χ3v) is 1.93. The van der Waals surface area contributed by atoms with Gasteiger partial charge in [0, 0.05) is 12.1 Å². The molecule has 0 fully saturated rings. The average Bonchev–Trinajstić information content (AvgIpc) is 2.66. The molecular formula is C10H11N3O2. The maximum absolute atomic E-state index is 9.24. The van der Waals surface area contributed by atoms with Crippen LogP contribution < -0.4 is 0 Å². The summed E-state index contributed by atoms with van der Waals surface area (Å²) in [6.45, 7) is 3.96. The van der Waals surface area contributed by atoms with Gasteiger partial charge in [0.25, 0.3) is 5.89 Å². The minimum absolute atomic E-state index is 0.0804. The van der Waals surface area contributed by atoms with E-state index < -0.39 is 0 Å². The predicted octanol–water partition coefficient (Wildman–Crippen LogP) is 1.96. The summed E-state index contributed by atoms with van der Waals surface area (Å²) >= 11 is 0. The highest BCUT2D eigenvalue weighted by atomic mass is 16.5. The van der Waals surface area contributed by atoms with Gasteiger partial charge in [0.15, 0.2) is 5.82 Å². The zero-order valence-corrected chi connectivity index (χ0v) is 8.51. The molecule has 5 heteroatoms. The van der Waals surface area contributed by atoms with Crippen LogP contribution in [0.15, 0.2) is 23.0 Å². The summed E-state index contributed by atoms with van der Waals surface area (Å²) < 4.78 is 5.05. The lowest BCUT2D eigenvalue weighted by Crippen LogP contribution is -1.89. The van der Waals surface area contributed by atoms with Crippen LogP contribution in [0.2, 0.25) is 0 Å². The van der Waals surface area contributed by atoms with Crippen LogP contribution >= 0.6 is 0 Å². The molecule has 0 unspecified atom stereocenters. The van der Waals surface area contributed by atoms with Crippen LogP contribution in [0.3, 0.4) is 0 Å². The molecule has 0 radical (unpaired) electrons. The first kappa shape index (κ1) is 9.64. The van der Waals surface area contributed by atoms with Gasteiger partial charge in [-0.25, -0.2) is 0 Å². The van der Waals surface area contributed by atoms with Gasteiger partial charge in [-0.2, -0.15) is 4.98 Å². The Kier molecular flexibility index (Phi) is 2.37. The predicted molar refractivity (Wildman–Crippen MR) is 53.3 cm³/mol. The molecule has 0 aromatic carbocycles. The first-order valence-electron chi connectivity index (χ1n) is 4.65. The zero-order chi connectivity index (χ0) is 10.8. The molecule has 15 heavy (non-hydrogen) atoms. The molecule has 0 saturated carbocycles. The molecule has 2 rings (SSSR count). The molecule has 2 aromatic heterocycles. The van der Waals surface area contributed by atoms with Gasteiger partial charge in [-0.15, -0.1) is 0 Å². The molecule has 0 aliphatic heterocycles. The first-order valence-corrected chi connectivity index (χ1v) is 4.65. The average molecular weight is 205 g/mol. The van der Waals surface area contributed by atoms with Crippen LogP contribution in [0.5, 0.6) is 5.75 Å². The molecule has 2 aromatic rings. The van der Waals surface area contributed by atoms with Crippen molar-refractivity contribution in [3.63, 3.8) is 0 Å². The van der Waals surface area contributed by atoms with E-state index in [-0.39, 0.29) is 11.7 Å². The van der Waals surface area contributed by atoms with E-state index in [0.717, 1.165) is 0 Å². The lowest BCUT2D eigenvalue weighted by atomic mass is 10.2. The molecule has 0 saturated heterocycles. The fraction of sp³-hybridized carbons (Fsp3) is 0.300. The minimum Gasteiger partial charge on any atom is -0.506 e. The Hall–Kier alpha value is -1.91. The normalized spacial score (nSPS) is 10.9. The highest BCUT2D eigenvalue weighted by molar-refractivity contribution is 5.53. The number of pyridine rings is 1. The Labute approximate surface area is 86.8 Å². The summed E-state index contributed by atoms with van der Waals surface area (Å²) in [5.41, 5.74) is 0.620. The standard InChI is InChI=1S/C10H11N3O2/c1-6(2)9-12-10(15-13-9)7-3-8(14)5-11-4-7/h3-6,14H,1-2H3. The van der Waals surface area contributed by atoms with Gasteiger partial charge in [0.1, 0.15) is 5.75 Å². The Bertz CT molecular complexity index is 465. The van der Waals surface area contributed by atoms with E-state index in [1.54, 1.807) is 6.20 Å². The van der Waals surface area contributed by atoms with Crippen molar-refractivity contribution in [1.82, 2.24) is 15.1 Å². The zero-order valence-electron chi connectivity index (χ0n) is 8.51. The second kappa shape index (κ2) is 3.68. The molecule has 0 bridgehead atoms. The lowest BCUT2D eigenvalue weighted by Gasteiger charge is -1.94. The van der Waals surface area contributed by atoms with Gasteiger partial charge in [0.05, 0.1) is 11.8 Å². The summed E-state index contributed by atoms with van der Waals surface area (Å²) in [7, 11) is 0. The maximum Gasteiger partial charge on any atom is 0.259 e. The summed E-state index contributed by atoms with van der Waals surface area (Å²) in [6.07, 6.45) is 2.92. The Balaban J connectivity index is 2.37. The van der Waals surface area contributed by atoms with Gasteiger partial charge in [-0.05, 0) is 6.07 Å². The van der Waals surface area contributed by atoms with Crippen LogP contribution in [0.1, 0.15) is 25.6 Å². The van der Waals surface area contributed by atoms with E-state index in [0.29, 0.717) is 17.3 Å². The monoisotopic (exact) mass is 205 g/mol. The second-order valence-corrected chi connectivity index (χ2v) is 3.54. The molecule has 0 amide bonds. The van der Waals surface area contributed by atoms with Crippen LogP contribution in [0.4, 0.5) is 0 Å². The van der Waals surface area contributed by atoms with E-state index in [4.69, 9.17) is 4.52 Å². The van der Waals surface area contributed by atoms with Crippen LogP contribution in [-0.4, -0.2) is 20.2 Å². The number of rotatable bonds is 2. The number of nitrogens with zero attached hydrogens (tertiary/aromatic N) is 3. The molecular weight excluding hydrogens is 194 g/mol. The maximum atomic E-state index is 9.24. The third kappa shape index (κ3) is 1.96. The van der Waals surface area contributed by atoms with Gasteiger partial charge >= 0.3 is 0 Å². The molecule has 78 valence electrons. The summed E-state index contributed by atoms with van der Waals surface area (Å²) in [6, 6.07) is 1.53.